The second-order valence-corrected chi connectivity index (χ2v) is 3.66. The Kier molecular flexibility index (Phi) is 3.55. The van der Waals surface area contributed by atoms with E-state index in [-0.39, 0.29) is 0 Å². The molecule has 1 heterocycles. The average molecular weight is 206 g/mol. The third-order valence-electron chi connectivity index (χ3n) is 2.17. The van der Waals surface area contributed by atoms with Gasteiger partial charge in [0.15, 0.2) is 0 Å². The van der Waals surface area contributed by atoms with Crippen molar-refractivity contribution >= 4 is 5.84 Å². The zero-order chi connectivity index (χ0) is 11.4. The first-order chi connectivity index (χ1) is 7.07. The number of nitrogens with zero attached hydrogens (tertiary/aromatic N) is 2. The predicted molar refractivity (Wildman–Crippen MR) is 64.2 cm³/mol. The van der Waals surface area contributed by atoms with Crippen molar-refractivity contribution in [2.45, 2.75) is 26.7 Å². The van der Waals surface area contributed by atoms with Crippen molar-refractivity contribution in [1.29, 1.82) is 0 Å². The number of aromatic nitrogens is 1. The Balaban J connectivity index is 3.06. The van der Waals surface area contributed by atoms with E-state index in [0.29, 0.717) is 11.8 Å². The molecular formula is C11H18N4. The van der Waals surface area contributed by atoms with Crippen LogP contribution in [-0.4, -0.2) is 10.5 Å². The van der Waals surface area contributed by atoms with Gasteiger partial charge in [-0.3, -0.25) is 4.68 Å². The average Bonchev–Trinajstić information content (AvgIpc) is 2.56. The first-order valence-electron chi connectivity index (χ1n) is 4.99. The van der Waals surface area contributed by atoms with Crippen LogP contribution in [0.3, 0.4) is 0 Å². The standard InChI is InChI=1S/C11H18N4/c1-4-7-14-11(12)10-6-5-9(8(2)3)15(10)13/h4-8H,13H2,1-3H3,(H2,12,14)/b7-4-. The lowest BCUT2D eigenvalue weighted by Gasteiger charge is -2.09. The van der Waals surface area contributed by atoms with Crippen molar-refractivity contribution in [3.05, 3.63) is 35.8 Å². The number of rotatable bonds is 3. The molecule has 0 bridgehead atoms. The van der Waals surface area contributed by atoms with Gasteiger partial charge in [-0.1, -0.05) is 19.9 Å². The van der Waals surface area contributed by atoms with Crippen LogP contribution in [0, 0.1) is 0 Å². The maximum Gasteiger partial charge on any atom is 0.149 e. The fourth-order valence-corrected chi connectivity index (χ4v) is 1.36. The van der Waals surface area contributed by atoms with E-state index in [1.54, 1.807) is 10.9 Å². The minimum atomic E-state index is 0.373. The molecule has 0 aromatic carbocycles. The topological polar surface area (TPSA) is 69.3 Å². The Morgan fingerprint density at radius 2 is 2.13 bits per heavy atom. The zero-order valence-electron chi connectivity index (χ0n) is 9.44. The van der Waals surface area contributed by atoms with Crippen molar-refractivity contribution in [3.8, 4) is 0 Å². The van der Waals surface area contributed by atoms with E-state index in [4.69, 9.17) is 11.6 Å². The van der Waals surface area contributed by atoms with Gasteiger partial charge in [0.05, 0.1) is 0 Å². The van der Waals surface area contributed by atoms with Gasteiger partial charge in [0, 0.05) is 11.9 Å². The molecule has 82 valence electrons. The second-order valence-electron chi connectivity index (χ2n) is 3.66. The van der Waals surface area contributed by atoms with Gasteiger partial charge >= 0.3 is 0 Å². The van der Waals surface area contributed by atoms with E-state index >= 15 is 0 Å². The van der Waals surface area contributed by atoms with Crippen molar-refractivity contribution in [2.75, 3.05) is 5.84 Å². The van der Waals surface area contributed by atoms with Crippen LogP contribution in [0.5, 0.6) is 0 Å². The number of aliphatic imine (C=N–C) groups is 1. The first-order valence-corrected chi connectivity index (χ1v) is 4.99. The van der Waals surface area contributed by atoms with Crippen LogP contribution in [-0.2, 0) is 0 Å². The molecule has 4 N–H and O–H groups in total. The molecular weight excluding hydrogens is 188 g/mol. The molecule has 1 aromatic rings. The van der Waals surface area contributed by atoms with E-state index in [2.05, 4.69) is 18.8 Å². The molecule has 1 rings (SSSR count). The molecule has 1 aromatic heterocycles. The Morgan fingerprint density at radius 1 is 1.47 bits per heavy atom. The van der Waals surface area contributed by atoms with Gasteiger partial charge in [0.1, 0.15) is 11.5 Å². The molecule has 4 nitrogen and oxygen atoms in total. The lowest BCUT2D eigenvalue weighted by Crippen LogP contribution is -2.24. The zero-order valence-corrected chi connectivity index (χ0v) is 9.44. The molecule has 15 heavy (non-hydrogen) atoms. The molecule has 0 aliphatic heterocycles. The normalized spacial score (nSPS) is 12.9. The molecule has 0 saturated heterocycles. The predicted octanol–water partition coefficient (Wildman–Crippen LogP) is 1.56. The van der Waals surface area contributed by atoms with Crippen molar-refractivity contribution < 1.29 is 0 Å². The smallest absolute Gasteiger partial charge is 0.149 e. The molecule has 0 fully saturated rings. The molecule has 0 amide bonds. The Morgan fingerprint density at radius 3 is 2.60 bits per heavy atom. The number of allylic oxidation sites excluding steroid dienone is 1. The highest BCUT2D eigenvalue weighted by molar-refractivity contribution is 5.96. The van der Waals surface area contributed by atoms with Crippen LogP contribution in [0.15, 0.2) is 29.4 Å². The monoisotopic (exact) mass is 206 g/mol. The highest BCUT2D eigenvalue weighted by Crippen LogP contribution is 2.15. The minimum absolute atomic E-state index is 0.373. The third-order valence-corrected chi connectivity index (χ3v) is 2.17. The van der Waals surface area contributed by atoms with Gasteiger partial charge < -0.3 is 11.6 Å². The second kappa shape index (κ2) is 4.68. The number of hydrogen-bond donors (Lipinski definition) is 2. The summed E-state index contributed by atoms with van der Waals surface area (Å²) >= 11 is 0. The molecule has 0 saturated carbocycles. The summed E-state index contributed by atoms with van der Waals surface area (Å²) < 4.78 is 1.59. The fourth-order valence-electron chi connectivity index (χ4n) is 1.36. The van der Waals surface area contributed by atoms with Crippen LogP contribution >= 0.6 is 0 Å². The minimum Gasteiger partial charge on any atom is -0.382 e. The summed E-state index contributed by atoms with van der Waals surface area (Å²) in [6.07, 6.45) is 3.47. The SMILES string of the molecule is C/C=C\N=C(\N)c1ccc(C(C)C)n1N. The summed E-state index contributed by atoms with van der Waals surface area (Å²) in [5.41, 5.74) is 7.59. The van der Waals surface area contributed by atoms with Crippen LogP contribution in [0.1, 0.15) is 38.1 Å². The van der Waals surface area contributed by atoms with Gasteiger partial charge in [0.25, 0.3) is 0 Å². The van der Waals surface area contributed by atoms with Crippen molar-refractivity contribution in [2.24, 2.45) is 10.7 Å². The van der Waals surface area contributed by atoms with Crippen molar-refractivity contribution in [1.82, 2.24) is 4.68 Å². The van der Waals surface area contributed by atoms with E-state index in [1.165, 1.54) is 0 Å². The van der Waals surface area contributed by atoms with Crippen LogP contribution in [0.25, 0.3) is 0 Å². The lowest BCUT2D eigenvalue weighted by atomic mass is 10.1. The summed E-state index contributed by atoms with van der Waals surface area (Å²) in [5, 5.41) is 0. The Bertz CT molecular complexity index is 385. The van der Waals surface area contributed by atoms with E-state index in [1.807, 2.05) is 25.1 Å². The van der Waals surface area contributed by atoms with Gasteiger partial charge in [0.2, 0.25) is 0 Å². The molecule has 0 unspecified atom stereocenters. The molecule has 0 radical (unpaired) electrons. The van der Waals surface area contributed by atoms with E-state index in [9.17, 15) is 0 Å². The quantitative estimate of drug-likeness (QED) is 0.447. The summed E-state index contributed by atoms with van der Waals surface area (Å²) in [6.45, 7) is 6.06. The van der Waals surface area contributed by atoms with Gasteiger partial charge in [-0.05, 0) is 25.0 Å². The van der Waals surface area contributed by atoms with E-state index < -0.39 is 0 Å². The van der Waals surface area contributed by atoms with Crippen LogP contribution < -0.4 is 11.6 Å². The summed E-state index contributed by atoms with van der Waals surface area (Å²) in [4.78, 5) is 4.06. The van der Waals surface area contributed by atoms with Crippen LogP contribution in [0.2, 0.25) is 0 Å². The number of nitrogen functional groups attached to an aromatic ring is 1. The third kappa shape index (κ3) is 2.40. The maximum atomic E-state index is 5.91. The number of amidine groups is 1. The Labute approximate surface area is 90.3 Å². The highest BCUT2D eigenvalue weighted by atomic mass is 15.3. The fraction of sp³-hybridized carbons (Fsp3) is 0.364. The largest absolute Gasteiger partial charge is 0.382 e. The van der Waals surface area contributed by atoms with Gasteiger partial charge in [-0.15, -0.1) is 0 Å². The highest BCUT2D eigenvalue weighted by Gasteiger charge is 2.10. The van der Waals surface area contributed by atoms with E-state index in [0.717, 1.165) is 11.4 Å². The summed E-state index contributed by atoms with van der Waals surface area (Å²) in [7, 11) is 0. The summed E-state index contributed by atoms with van der Waals surface area (Å²) in [5.74, 6) is 6.71. The maximum absolute atomic E-state index is 5.91. The molecule has 0 atom stereocenters. The number of hydrogen-bond acceptors (Lipinski definition) is 2. The van der Waals surface area contributed by atoms with Crippen LogP contribution in [0.4, 0.5) is 0 Å². The molecule has 0 aliphatic carbocycles. The lowest BCUT2D eigenvalue weighted by molar-refractivity contribution is 0.766. The molecule has 4 heteroatoms. The number of nitrogens with two attached hydrogens (primary N) is 2. The van der Waals surface area contributed by atoms with Crippen molar-refractivity contribution in [3.63, 3.8) is 0 Å². The first kappa shape index (κ1) is 11.4. The van der Waals surface area contributed by atoms with Gasteiger partial charge in [-0.25, -0.2) is 4.99 Å². The molecule has 0 aliphatic rings. The Hall–Kier alpha value is -1.71. The van der Waals surface area contributed by atoms with Gasteiger partial charge in [-0.2, -0.15) is 0 Å². The molecule has 0 spiro atoms. The summed E-state index contributed by atoms with van der Waals surface area (Å²) in [6, 6.07) is 3.86.